The summed E-state index contributed by atoms with van der Waals surface area (Å²) in [4.78, 5) is 0. The van der Waals surface area contributed by atoms with E-state index in [1.807, 2.05) is 0 Å². The Morgan fingerprint density at radius 1 is 0.857 bits per heavy atom. The normalized spacial score (nSPS) is 10.9. The van der Waals surface area contributed by atoms with Crippen molar-refractivity contribution >= 4 is 19.2 Å². The van der Waals surface area contributed by atoms with E-state index in [0.717, 1.165) is 11.4 Å². The number of hydrogen-bond donors (Lipinski definition) is 0. The highest BCUT2D eigenvalue weighted by Crippen LogP contribution is 2.34. The monoisotopic (exact) mass is 312 g/mol. The fourth-order valence-corrected chi connectivity index (χ4v) is 3.09. The zero-order valence-electron chi connectivity index (χ0n) is 11.9. The van der Waals surface area contributed by atoms with Gasteiger partial charge in [-0.05, 0) is 18.2 Å². The lowest BCUT2D eigenvalue weighted by molar-refractivity contribution is 0.351. The fraction of sp³-hybridized carbons (Fsp3) is 0.200. The van der Waals surface area contributed by atoms with Gasteiger partial charge in [0.2, 0.25) is 0 Å². The maximum Gasteiger partial charge on any atom is 0.168 e. The van der Waals surface area contributed by atoms with E-state index in [0.29, 0.717) is 22.6 Å². The molecule has 0 bridgehead atoms. The molecule has 0 aliphatic carbocycles. The van der Waals surface area contributed by atoms with E-state index >= 15 is 0 Å². The number of rotatable bonds is 5. The molecule has 0 N–H and O–H groups in total. The third-order valence-electron chi connectivity index (χ3n) is 2.89. The van der Waals surface area contributed by atoms with Gasteiger partial charge in [-0.1, -0.05) is 8.58 Å². The first-order chi connectivity index (χ1) is 10.1. The quantitative estimate of drug-likeness (QED) is 0.794. The van der Waals surface area contributed by atoms with E-state index in [2.05, 4.69) is 0 Å². The smallest absolute Gasteiger partial charge is 0.168 e. The van der Waals surface area contributed by atoms with Gasteiger partial charge < -0.3 is 14.2 Å². The molecule has 2 aromatic carbocycles. The second-order valence-electron chi connectivity index (χ2n) is 4.16. The van der Waals surface area contributed by atoms with Crippen LogP contribution in [0.2, 0.25) is 0 Å². The van der Waals surface area contributed by atoms with Crippen molar-refractivity contribution in [2.45, 2.75) is 0 Å². The molecule has 1 atom stereocenters. The molecule has 0 heterocycles. The summed E-state index contributed by atoms with van der Waals surface area (Å²) >= 11 is 0. The summed E-state index contributed by atoms with van der Waals surface area (Å²) in [5, 5.41) is 1.12. The van der Waals surface area contributed by atoms with E-state index in [1.165, 1.54) is 33.5 Å². The van der Waals surface area contributed by atoms with Crippen molar-refractivity contribution in [1.29, 1.82) is 0 Å². The summed E-state index contributed by atoms with van der Waals surface area (Å²) in [5.41, 5.74) is 0. The first-order valence-corrected chi connectivity index (χ1v) is 7.11. The molecule has 0 radical (unpaired) electrons. The Balaban J connectivity index is 2.46. The number of benzene rings is 2. The fourth-order valence-electron chi connectivity index (χ4n) is 1.89. The number of halogens is 2. The molecule has 0 saturated heterocycles. The summed E-state index contributed by atoms with van der Waals surface area (Å²) in [7, 11) is 4.51. The minimum absolute atomic E-state index is 0.0503. The molecular weight excluding hydrogens is 297 g/mol. The molecule has 0 aromatic heterocycles. The van der Waals surface area contributed by atoms with E-state index < -0.39 is 11.6 Å². The summed E-state index contributed by atoms with van der Waals surface area (Å²) < 4.78 is 42.6. The first-order valence-electron chi connectivity index (χ1n) is 6.11. The molecule has 6 heteroatoms. The predicted octanol–water partition coefficient (Wildman–Crippen LogP) is 2.62. The molecule has 1 unspecified atom stereocenters. The van der Waals surface area contributed by atoms with Gasteiger partial charge in [0.25, 0.3) is 0 Å². The van der Waals surface area contributed by atoms with Gasteiger partial charge in [0.15, 0.2) is 11.5 Å². The SMILES string of the molecule is COc1cc(OC)c(OC)c(Pc2ccc(F)cc2F)c1. The highest BCUT2D eigenvalue weighted by Gasteiger charge is 2.15. The standard InChI is InChI=1S/C15H15F2O3P/c1-18-10-7-12(19-2)15(20-3)14(8-10)21-13-5-4-9(16)6-11(13)17/h4-8,21H,1-3H3. The second kappa shape index (κ2) is 6.72. The van der Waals surface area contributed by atoms with Gasteiger partial charge in [-0.3, -0.25) is 0 Å². The maximum absolute atomic E-state index is 13.8. The summed E-state index contributed by atoms with van der Waals surface area (Å²) in [6, 6.07) is 6.96. The van der Waals surface area contributed by atoms with Crippen LogP contribution < -0.4 is 24.8 Å². The third-order valence-corrected chi connectivity index (χ3v) is 4.20. The lowest BCUT2D eigenvalue weighted by atomic mass is 10.3. The molecule has 0 fully saturated rings. The van der Waals surface area contributed by atoms with Crippen LogP contribution in [0.4, 0.5) is 8.78 Å². The Bertz CT molecular complexity index is 647. The van der Waals surface area contributed by atoms with Gasteiger partial charge in [-0.2, -0.15) is 0 Å². The van der Waals surface area contributed by atoms with Gasteiger partial charge in [0.1, 0.15) is 17.4 Å². The maximum atomic E-state index is 13.8. The molecule has 21 heavy (non-hydrogen) atoms. The van der Waals surface area contributed by atoms with Crippen LogP contribution in [0, 0.1) is 11.6 Å². The third kappa shape index (κ3) is 3.42. The van der Waals surface area contributed by atoms with Crippen molar-refractivity contribution in [3.05, 3.63) is 42.0 Å². The first kappa shape index (κ1) is 15.5. The van der Waals surface area contributed by atoms with E-state index in [4.69, 9.17) is 14.2 Å². The molecule has 0 saturated carbocycles. The molecule has 0 aliphatic rings. The molecule has 112 valence electrons. The van der Waals surface area contributed by atoms with E-state index in [1.54, 1.807) is 12.1 Å². The summed E-state index contributed by atoms with van der Waals surface area (Å²) in [6.45, 7) is 0. The Labute approximate surface area is 123 Å². The Morgan fingerprint density at radius 2 is 1.62 bits per heavy atom. The van der Waals surface area contributed by atoms with Crippen LogP contribution in [-0.2, 0) is 0 Å². The second-order valence-corrected chi connectivity index (χ2v) is 5.49. The van der Waals surface area contributed by atoms with Crippen molar-refractivity contribution in [2.24, 2.45) is 0 Å². The minimum atomic E-state index is -0.601. The average Bonchev–Trinajstić information content (AvgIpc) is 2.49. The van der Waals surface area contributed by atoms with Crippen molar-refractivity contribution < 1.29 is 23.0 Å². The van der Waals surface area contributed by atoms with Crippen LogP contribution in [0.5, 0.6) is 17.2 Å². The van der Waals surface area contributed by atoms with Gasteiger partial charge in [-0.25, -0.2) is 8.78 Å². The van der Waals surface area contributed by atoms with Crippen LogP contribution in [0.15, 0.2) is 30.3 Å². The zero-order chi connectivity index (χ0) is 15.4. The Kier molecular flexibility index (Phi) is 4.97. The highest BCUT2D eigenvalue weighted by molar-refractivity contribution is 7.55. The van der Waals surface area contributed by atoms with Gasteiger partial charge >= 0.3 is 0 Å². The lowest BCUT2D eigenvalue weighted by Crippen LogP contribution is -2.11. The Hall–Kier alpha value is -1.87. The highest BCUT2D eigenvalue weighted by atomic mass is 31.1. The molecule has 0 amide bonds. The minimum Gasteiger partial charge on any atom is -0.497 e. The van der Waals surface area contributed by atoms with Crippen molar-refractivity contribution in [3.63, 3.8) is 0 Å². The number of methoxy groups -OCH3 is 3. The number of hydrogen-bond acceptors (Lipinski definition) is 3. The van der Waals surface area contributed by atoms with Crippen LogP contribution in [0.3, 0.4) is 0 Å². The van der Waals surface area contributed by atoms with Gasteiger partial charge in [-0.15, -0.1) is 0 Å². The molecule has 3 nitrogen and oxygen atoms in total. The molecule has 0 aliphatic heterocycles. The van der Waals surface area contributed by atoms with E-state index in [-0.39, 0.29) is 8.58 Å². The van der Waals surface area contributed by atoms with Gasteiger partial charge in [0, 0.05) is 22.7 Å². The van der Waals surface area contributed by atoms with Crippen molar-refractivity contribution in [3.8, 4) is 17.2 Å². The predicted molar refractivity (Wildman–Crippen MR) is 80.0 cm³/mol. The zero-order valence-corrected chi connectivity index (χ0v) is 12.9. The molecule has 2 rings (SSSR count). The van der Waals surface area contributed by atoms with Crippen LogP contribution >= 0.6 is 8.58 Å². The van der Waals surface area contributed by atoms with Crippen LogP contribution in [0.1, 0.15) is 0 Å². The molecule has 2 aromatic rings. The largest absolute Gasteiger partial charge is 0.497 e. The topological polar surface area (TPSA) is 27.7 Å². The van der Waals surface area contributed by atoms with Crippen molar-refractivity contribution in [2.75, 3.05) is 21.3 Å². The van der Waals surface area contributed by atoms with E-state index in [9.17, 15) is 8.78 Å². The lowest BCUT2D eigenvalue weighted by Gasteiger charge is -2.15. The summed E-state index contributed by atoms with van der Waals surface area (Å²) in [6.07, 6.45) is 0. The average molecular weight is 312 g/mol. The molecule has 0 spiro atoms. The van der Waals surface area contributed by atoms with Crippen LogP contribution in [-0.4, -0.2) is 21.3 Å². The summed E-state index contributed by atoms with van der Waals surface area (Å²) in [5.74, 6) is 0.410. The molecular formula is C15H15F2O3P. The Morgan fingerprint density at radius 3 is 2.19 bits per heavy atom. The van der Waals surface area contributed by atoms with Crippen LogP contribution in [0.25, 0.3) is 0 Å². The van der Waals surface area contributed by atoms with Crippen molar-refractivity contribution in [1.82, 2.24) is 0 Å². The van der Waals surface area contributed by atoms with Gasteiger partial charge in [0.05, 0.1) is 21.3 Å². The number of ether oxygens (including phenoxy) is 3.